The maximum atomic E-state index is 10.6. The van der Waals surface area contributed by atoms with Crippen LogP contribution in [0.3, 0.4) is 0 Å². The molecule has 0 saturated heterocycles. The molecule has 104 valence electrons. The highest BCUT2D eigenvalue weighted by Gasteiger charge is 2.18. The summed E-state index contributed by atoms with van der Waals surface area (Å²) in [6.45, 7) is 1.29. The molecular weight excluding hydrogens is 246 g/mol. The Labute approximate surface area is 112 Å². The van der Waals surface area contributed by atoms with E-state index in [2.05, 4.69) is 4.90 Å². The smallest absolute Gasteiger partial charge is 0.341 e. The van der Waals surface area contributed by atoms with Crippen molar-refractivity contribution in [1.29, 1.82) is 0 Å². The zero-order valence-electron chi connectivity index (χ0n) is 10.8. The summed E-state index contributed by atoms with van der Waals surface area (Å²) in [5.74, 6) is -0.330. The number of fused-ring (bicyclic) bond motifs is 1. The number of carbonyl (C=O) groups is 1. The summed E-state index contributed by atoms with van der Waals surface area (Å²) in [5, 5.41) is 17.8. The first-order chi connectivity index (χ1) is 9.22. The van der Waals surface area contributed by atoms with Crippen LogP contribution in [0.1, 0.15) is 18.4 Å². The van der Waals surface area contributed by atoms with E-state index < -0.39 is 5.97 Å². The molecule has 19 heavy (non-hydrogen) atoms. The van der Waals surface area contributed by atoms with Crippen LogP contribution in [0.4, 0.5) is 5.69 Å². The second-order valence-electron chi connectivity index (χ2n) is 4.60. The van der Waals surface area contributed by atoms with Crippen molar-refractivity contribution in [2.45, 2.75) is 19.3 Å². The Morgan fingerprint density at radius 1 is 1.37 bits per heavy atom. The van der Waals surface area contributed by atoms with Crippen LogP contribution >= 0.6 is 0 Å². The fourth-order valence-corrected chi connectivity index (χ4v) is 2.45. The van der Waals surface area contributed by atoms with Crippen LogP contribution in [0.2, 0.25) is 0 Å². The minimum absolute atomic E-state index is 0.111. The molecule has 2 rings (SSSR count). The molecule has 5 nitrogen and oxygen atoms in total. The number of aliphatic hydroxyl groups is 1. The standard InChI is InChI=1S/C14H19NO4/c16-9-8-15-7-2-1-4-11-12(15)5-3-6-13(11)19-10-14(17)18/h3,5-6,16H,1-2,4,7-10H2,(H,17,18). The number of β-amino-alcohol motifs (C(OH)–C–C–N with tert-alkyl or cyclic N) is 1. The summed E-state index contributed by atoms with van der Waals surface area (Å²) >= 11 is 0. The minimum Gasteiger partial charge on any atom is -0.482 e. The number of aliphatic carboxylic acids is 1. The van der Waals surface area contributed by atoms with E-state index in [0.29, 0.717) is 12.3 Å². The summed E-state index contributed by atoms with van der Waals surface area (Å²) in [6.07, 6.45) is 2.99. The van der Waals surface area contributed by atoms with E-state index in [4.69, 9.17) is 14.9 Å². The van der Waals surface area contributed by atoms with Crippen LogP contribution in [-0.4, -0.2) is 42.5 Å². The Hall–Kier alpha value is -1.75. The maximum absolute atomic E-state index is 10.6. The highest BCUT2D eigenvalue weighted by Crippen LogP contribution is 2.33. The molecule has 0 unspecified atom stereocenters. The van der Waals surface area contributed by atoms with E-state index >= 15 is 0 Å². The molecule has 0 saturated carbocycles. The predicted molar refractivity (Wildman–Crippen MR) is 71.8 cm³/mol. The molecule has 0 spiro atoms. The third kappa shape index (κ3) is 3.38. The Morgan fingerprint density at radius 2 is 2.21 bits per heavy atom. The van der Waals surface area contributed by atoms with Crippen LogP contribution < -0.4 is 9.64 Å². The van der Waals surface area contributed by atoms with E-state index in [0.717, 1.165) is 37.1 Å². The van der Waals surface area contributed by atoms with Crippen LogP contribution in [0.15, 0.2) is 18.2 Å². The van der Waals surface area contributed by atoms with E-state index in [9.17, 15) is 4.79 Å². The van der Waals surface area contributed by atoms with Gasteiger partial charge in [0.15, 0.2) is 6.61 Å². The number of ether oxygens (including phenoxy) is 1. The fourth-order valence-electron chi connectivity index (χ4n) is 2.45. The monoisotopic (exact) mass is 265 g/mol. The first-order valence-corrected chi connectivity index (χ1v) is 6.54. The lowest BCUT2D eigenvalue weighted by molar-refractivity contribution is -0.139. The van der Waals surface area contributed by atoms with Gasteiger partial charge in [0.25, 0.3) is 0 Å². The van der Waals surface area contributed by atoms with Gasteiger partial charge < -0.3 is 19.8 Å². The SMILES string of the molecule is O=C(O)COc1cccc2c1CCCCN2CCO. The third-order valence-electron chi connectivity index (χ3n) is 3.27. The van der Waals surface area contributed by atoms with Crippen molar-refractivity contribution in [1.82, 2.24) is 0 Å². The van der Waals surface area contributed by atoms with Gasteiger partial charge in [-0.3, -0.25) is 0 Å². The summed E-state index contributed by atoms with van der Waals surface area (Å²) in [4.78, 5) is 12.7. The average Bonchev–Trinajstić information content (AvgIpc) is 2.60. The van der Waals surface area contributed by atoms with Gasteiger partial charge in [-0.2, -0.15) is 0 Å². The number of aliphatic hydroxyl groups excluding tert-OH is 1. The zero-order chi connectivity index (χ0) is 13.7. The van der Waals surface area contributed by atoms with E-state index in [1.165, 1.54) is 0 Å². The third-order valence-corrected chi connectivity index (χ3v) is 3.27. The van der Waals surface area contributed by atoms with Gasteiger partial charge in [0.1, 0.15) is 5.75 Å². The lowest BCUT2D eigenvalue weighted by Gasteiger charge is -2.24. The maximum Gasteiger partial charge on any atom is 0.341 e. The molecule has 0 atom stereocenters. The molecule has 0 radical (unpaired) electrons. The molecule has 0 bridgehead atoms. The first-order valence-electron chi connectivity index (χ1n) is 6.54. The van der Waals surface area contributed by atoms with E-state index in [-0.39, 0.29) is 13.2 Å². The normalized spacial score (nSPS) is 14.7. The second-order valence-corrected chi connectivity index (χ2v) is 4.60. The van der Waals surface area contributed by atoms with Gasteiger partial charge in [-0.25, -0.2) is 4.79 Å². The molecule has 0 aliphatic carbocycles. The van der Waals surface area contributed by atoms with Crippen molar-refractivity contribution in [3.63, 3.8) is 0 Å². The second kappa shape index (κ2) is 6.43. The molecule has 0 fully saturated rings. The highest BCUT2D eigenvalue weighted by atomic mass is 16.5. The van der Waals surface area contributed by atoms with Gasteiger partial charge in [0.2, 0.25) is 0 Å². The number of hydrogen-bond acceptors (Lipinski definition) is 4. The Bertz CT molecular complexity index is 447. The first kappa shape index (κ1) is 13.7. The number of nitrogens with zero attached hydrogens (tertiary/aromatic N) is 1. The molecular formula is C14H19NO4. The molecule has 1 aromatic carbocycles. The molecule has 1 aliphatic heterocycles. The zero-order valence-corrected chi connectivity index (χ0v) is 10.8. The van der Waals surface area contributed by atoms with Gasteiger partial charge in [-0.05, 0) is 31.4 Å². The van der Waals surface area contributed by atoms with Gasteiger partial charge in [0.05, 0.1) is 6.61 Å². The topological polar surface area (TPSA) is 70.0 Å². The van der Waals surface area contributed by atoms with Crippen LogP contribution in [0.25, 0.3) is 0 Å². The summed E-state index contributed by atoms with van der Waals surface area (Å²) in [6, 6.07) is 5.68. The van der Waals surface area contributed by atoms with Crippen molar-refractivity contribution in [2.75, 3.05) is 31.2 Å². The Morgan fingerprint density at radius 3 is 2.95 bits per heavy atom. The number of rotatable bonds is 5. The molecule has 5 heteroatoms. The molecule has 2 N–H and O–H groups in total. The molecule has 1 aromatic rings. The average molecular weight is 265 g/mol. The molecule has 0 aromatic heterocycles. The number of carboxylic acids is 1. The Balaban J connectivity index is 2.27. The van der Waals surface area contributed by atoms with Gasteiger partial charge in [-0.15, -0.1) is 0 Å². The lowest BCUT2D eigenvalue weighted by Crippen LogP contribution is -2.27. The van der Waals surface area contributed by atoms with Crippen molar-refractivity contribution in [2.24, 2.45) is 0 Å². The number of benzene rings is 1. The summed E-state index contributed by atoms with van der Waals surface area (Å²) < 4.78 is 5.36. The van der Waals surface area contributed by atoms with Crippen LogP contribution in [-0.2, 0) is 11.2 Å². The highest BCUT2D eigenvalue weighted by molar-refractivity contribution is 5.69. The van der Waals surface area contributed by atoms with E-state index in [1.54, 1.807) is 0 Å². The van der Waals surface area contributed by atoms with Crippen molar-refractivity contribution in [3.05, 3.63) is 23.8 Å². The number of anilines is 1. The number of carboxylic acid groups (broad SMARTS) is 1. The minimum atomic E-state index is -0.974. The predicted octanol–water partition coefficient (Wildman–Crippen LogP) is 1.28. The van der Waals surface area contributed by atoms with Crippen LogP contribution in [0.5, 0.6) is 5.75 Å². The molecule has 1 heterocycles. The summed E-state index contributed by atoms with van der Waals surface area (Å²) in [5.41, 5.74) is 2.10. The van der Waals surface area contributed by atoms with Gasteiger partial charge >= 0.3 is 5.97 Å². The molecule has 1 aliphatic rings. The molecule has 0 amide bonds. The summed E-state index contributed by atoms with van der Waals surface area (Å²) in [7, 11) is 0. The van der Waals surface area contributed by atoms with Crippen molar-refractivity contribution < 1.29 is 19.7 Å². The van der Waals surface area contributed by atoms with Gasteiger partial charge in [0, 0.05) is 24.3 Å². The quantitative estimate of drug-likeness (QED) is 0.839. The van der Waals surface area contributed by atoms with Crippen molar-refractivity contribution in [3.8, 4) is 5.75 Å². The lowest BCUT2D eigenvalue weighted by atomic mass is 10.1. The van der Waals surface area contributed by atoms with Gasteiger partial charge in [-0.1, -0.05) is 6.07 Å². The van der Waals surface area contributed by atoms with Crippen molar-refractivity contribution >= 4 is 11.7 Å². The van der Waals surface area contributed by atoms with Crippen LogP contribution in [0, 0.1) is 0 Å². The fraction of sp³-hybridized carbons (Fsp3) is 0.500. The number of hydrogen-bond donors (Lipinski definition) is 2. The van der Waals surface area contributed by atoms with E-state index in [1.807, 2.05) is 18.2 Å². The largest absolute Gasteiger partial charge is 0.482 e. The Kier molecular flexibility index (Phi) is 4.63.